The Morgan fingerprint density at radius 3 is 2.67 bits per heavy atom. The van der Waals surface area contributed by atoms with Crippen molar-refractivity contribution in [3.8, 4) is 0 Å². The number of nitrogens with one attached hydrogen (secondary N) is 1. The fourth-order valence-electron chi connectivity index (χ4n) is 1.60. The molecule has 1 heterocycles. The number of aliphatic hydroxyl groups is 1. The van der Waals surface area contributed by atoms with E-state index < -0.39 is 0 Å². The van der Waals surface area contributed by atoms with Crippen molar-refractivity contribution in [1.29, 1.82) is 0 Å². The van der Waals surface area contributed by atoms with Gasteiger partial charge >= 0.3 is 0 Å². The standard InChI is InChI=1S/C11H21N3O/c1-11(2,3)10-9(7-12-5-6-15)8-14(4)13-10/h8,12,15H,5-7H2,1-4H3. The van der Waals surface area contributed by atoms with Crippen LogP contribution in [-0.2, 0) is 19.0 Å². The maximum atomic E-state index is 8.70. The normalized spacial score (nSPS) is 12.1. The van der Waals surface area contributed by atoms with E-state index in [0.717, 1.165) is 12.2 Å². The van der Waals surface area contributed by atoms with Crippen LogP contribution in [-0.4, -0.2) is 28.0 Å². The Morgan fingerprint density at radius 2 is 2.13 bits per heavy atom. The second-order valence-electron chi connectivity index (χ2n) is 4.83. The number of hydrogen-bond donors (Lipinski definition) is 2. The van der Waals surface area contributed by atoms with Crippen LogP contribution in [0.25, 0.3) is 0 Å². The van der Waals surface area contributed by atoms with Gasteiger partial charge in [-0.05, 0) is 0 Å². The SMILES string of the molecule is Cn1cc(CNCCO)c(C(C)(C)C)n1. The Bertz CT molecular complexity index is 312. The van der Waals surface area contributed by atoms with Gasteiger partial charge in [0, 0.05) is 37.3 Å². The molecule has 86 valence electrons. The third kappa shape index (κ3) is 3.32. The summed E-state index contributed by atoms with van der Waals surface area (Å²) in [4.78, 5) is 0. The van der Waals surface area contributed by atoms with Gasteiger partial charge in [-0.25, -0.2) is 0 Å². The maximum absolute atomic E-state index is 8.70. The van der Waals surface area contributed by atoms with E-state index in [1.165, 1.54) is 5.56 Å². The van der Waals surface area contributed by atoms with E-state index in [1.54, 1.807) is 0 Å². The monoisotopic (exact) mass is 211 g/mol. The molecule has 0 bridgehead atoms. The van der Waals surface area contributed by atoms with Gasteiger partial charge in [0.05, 0.1) is 12.3 Å². The topological polar surface area (TPSA) is 50.1 Å². The van der Waals surface area contributed by atoms with Crippen LogP contribution < -0.4 is 5.32 Å². The van der Waals surface area contributed by atoms with E-state index in [9.17, 15) is 0 Å². The van der Waals surface area contributed by atoms with Crippen LogP contribution in [0, 0.1) is 0 Å². The minimum Gasteiger partial charge on any atom is -0.395 e. The van der Waals surface area contributed by atoms with Gasteiger partial charge in [-0.2, -0.15) is 5.10 Å². The van der Waals surface area contributed by atoms with E-state index in [-0.39, 0.29) is 12.0 Å². The first-order chi connectivity index (χ1) is 6.95. The Balaban J connectivity index is 2.78. The number of aliphatic hydroxyl groups excluding tert-OH is 1. The van der Waals surface area contributed by atoms with E-state index >= 15 is 0 Å². The summed E-state index contributed by atoms with van der Waals surface area (Å²) in [6.07, 6.45) is 2.03. The Morgan fingerprint density at radius 1 is 1.47 bits per heavy atom. The number of hydrogen-bond acceptors (Lipinski definition) is 3. The summed E-state index contributed by atoms with van der Waals surface area (Å²) in [7, 11) is 1.94. The lowest BCUT2D eigenvalue weighted by Gasteiger charge is -2.17. The average Bonchev–Trinajstić information content (AvgIpc) is 2.47. The lowest BCUT2D eigenvalue weighted by atomic mass is 9.89. The highest BCUT2D eigenvalue weighted by Gasteiger charge is 2.21. The highest BCUT2D eigenvalue weighted by Crippen LogP contribution is 2.23. The molecule has 0 spiro atoms. The van der Waals surface area contributed by atoms with Gasteiger partial charge in [-0.15, -0.1) is 0 Å². The smallest absolute Gasteiger partial charge is 0.0722 e. The lowest BCUT2D eigenvalue weighted by Crippen LogP contribution is -2.21. The number of aryl methyl sites for hydroxylation is 1. The molecular formula is C11H21N3O. The molecule has 0 aliphatic carbocycles. The van der Waals surface area contributed by atoms with Crippen LogP contribution in [0.5, 0.6) is 0 Å². The summed E-state index contributed by atoms with van der Waals surface area (Å²) in [5.41, 5.74) is 2.39. The molecule has 0 fully saturated rings. The molecule has 0 aliphatic rings. The van der Waals surface area contributed by atoms with Gasteiger partial charge in [0.2, 0.25) is 0 Å². The molecule has 1 aromatic heterocycles. The average molecular weight is 211 g/mol. The minimum atomic E-state index is 0.0670. The van der Waals surface area contributed by atoms with E-state index in [4.69, 9.17) is 5.11 Å². The highest BCUT2D eigenvalue weighted by atomic mass is 16.3. The van der Waals surface area contributed by atoms with Gasteiger partial charge in [0.15, 0.2) is 0 Å². The molecule has 0 aliphatic heterocycles. The maximum Gasteiger partial charge on any atom is 0.0722 e. The number of aromatic nitrogens is 2. The van der Waals surface area contributed by atoms with Gasteiger partial charge in [0.1, 0.15) is 0 Å². The Hall–Kier alpha value is -0.870. The van der Waals surface area contributed by atoms with Crippen molar-refractivity contribution in [1.82, 2.24) is 15.1 Å². The largest absolute Gasteiger partial charge is 0.395 e. The van der Waals surface area contributed by atoms with Crippen LogP contribution in [0.1, 0.15) is 32.0 Å². The van der Waals surface area contributed by atoms with Gasteiger partial charge in [0.25, 0.3) is 0 Å². The molecule has 4 nitrogen and oxygen atoms in total. The molecule has 0 saturated heterocycles. The lowest BCUT2D eigenvalue weighted by molar-refractivity contribution is 0.292. The van der Waals surface area contributed by atoms with Crippen LogP contribution in [0.15, 0.2) is 6.20 Å². The molecular weight excluding hydrogens is 190 g/mol. The zero-order valence-corrected chi connectivity index (χ0v) is 10.0. The van der Waals surface area contributed by atoms with E-state index in [1.807, 2.05) is 17.9 Å². The summed E-state index contributed by atoms with van der Waals surface area (Å²) < 4.78 is 1.84. The summed E-state index contributed by atoms with van der Waals surface area (Å²) in [5.74, 6) is 0. The van der Waals surface area contributed by atoms with E-state index in [0.29, 0.717) is 6.54 Å². The van der Waals surface area contributed by atoms with Crippen molar-refractivity contribution in [3.05, 3.63) is 17.5 Å². The fourth-order valence-corrected chi connectivity index (χ4v) is 1.60. The van der Waals surface area contributed by atoms with Crippen molar-refractivity contribution < 1.29 is 5.11 Å². The van der Waals surface area contributed by atoms with Crippen LogP contribution in [0.2, 0.25) is 0 Å². The number of nitrogens with zero attached hydrogens (tertiary/aromatic N) is 2. The van der Waals surface area contributed by atoms with Crippen LogP contribution in [0.4, 0.5) is 0 Å². The second kappa shape index (κ2) is 4.77. The van der Waals surface area contributed by atoms with Crippen molar-refractivity contribution in [2.75, 3.05) is 13.2 Å². The summed E-state index contributed by atoms with van der Waals surface area (Å²) in [6, 6.07) is 0. The molecule has 0 radical (unpaired) electrons. The predicted octanol–water partition coefficient (Wildman–Crippen LogP) is 0.799. The Kier molecular flexibility index (Phi) is 3.88. The van der Waals surface area contributed by atoms with Gasteiger partial charge < -0.3 is 10.4 Å². The first-order valence-electron chi connectivity index (χ1n) is 5.29. The fraction of sp³-hybridized carbons (Fsp3) is 0.727. The van der Waals surface area contributed by atoms with Crippen molar-refractivity contribution in [2.24, 2.45) is 7.05 Å². The Labute approximate surface area is 91.3 Å². The zero-order valence-electron chi connectivity index (χ0n) is 10.0. The van der Waals surface area contributed by atoms with Crippen LogP contribution in [0.3, 0.4) is 0 Å². The summed E-state index contributed by atoms with van der Waals surface area (Å²) in [6.45, 7) is 8.03. The number of rotatable bonds is 4. The third-order valence-electron chi connectivity index (χ3n) is 2.22. The third-order valence-corrected chi connectivity index (χ3v) is 2.22. The molecule has 0 amide bonds. The minimum absolute atomic E-state index is 0.0670. The van der Waals surface area contributed by atoms with Crippen molar-refractivity contribution in [2.45, 2.75) is 32.7 Å². The molecule has 15 heavy (non-hydrogen) atoms. The molecule has 0 atom stereocenters. The molecule has 4 heteroatoms. The van der Waals surface area contributed by atoms with Gasteiger partial charge in [-0.3, -0.25) is 4.68 Å². The molecule has 0 aromatic carbocycles. The van der Waals surface area contributed by atoms with Crippen LogP contribution >= 0.6 is 0 Å². The summed E-state index contributed by atoms with van der Waals surface area (Å²) in [5, 5.41) is 16.3. The quantitative estimate of drug-likeness (QED) is 0.724. The molecule has 1 aromatic rings. The van der Waals surface area contributed by atoms with E-state index in [2.05, 4.69) is 31.2 Å². The second-order valence-corrected chi connectivity index (χ2v) is 4.83. The van der Waals surface area contributed by atoms with Crippen molar-refractivity contribution in [3.63, 3.8) is 0 Å². The first kappa shape index (κ1) is 12.2. The zero-order chi connectivity index (χ0) is 11.5. The molecule has 0 unspecified atom stereocenters. The summed E-state index contributed by atoms with van der Waals surface area (Å²) >= 11 is 0. The molecule has 0 saturated carbocycles. The molecule has 1 rings (SSSR count). The molecule has 2 N–H and O–H groups in total. The predicted molar refractivity (Wildman–Crippen MR) is 60.7 cm³/mol. The van der Waals surface area contributed by atoms with Crippen molar-refractivity contribution >= 4 is 0 Å². The highest BCUT2D eigenvalue weighted by molar-refractivity contribution is 5.23. The van der Waals surface area contributed by atoms with Gasteiger partial charge in [-0.1, -0.05) is 20.8 Å². The first-order valence-corrected chi connectivity index (χ1v) is 5.29.